The van der Waals surface area contributed by atoms with Crippen LogP contribution in [0.4, 0.5) is 40.3 Å². The Morgan fingerprint density at radius 1 is 0.654 bits per heavy atom. The zero-order chi connectivity index (χ0) is 36.5. The van der Waals surface area contributed by atoms with Crippen LogP contribution in [0.15, 0.2) is 69.9 Å². The molecule has 0 atom stereocenters. The van der Waals surface area contributed by atoms with Crippen LogP contribution in [0.3, 0.4) is 0 Å². The van der Waals surface area contributed by atoms with Gasteiger partial charge in [-0.3, -0.25) is 9.97 Å². The lowest BCUT2D eigenvalue weighted by Crippen LogP contribution is -2.10. The van der Waals surface area contributed by atoms with Gasteiger partial charge >= 0.3 is 0 Å². The SMILES string of the molecule is [C-]#[N+]c1c(C)nn(-c2cnccn2)c1N=Nc1c(C)nn(-c2ccnc(-n3nc(C)c(N=Nc4c(C#N)c(C)nn4-c4cnccn4)c3N)n2)c1N. The molecule has 22 nitrogen and oxygen atoms in total. The first kappa shape index (κ1) is 32.4. The van der Waals surface area contributed by atoms with E-state index in [1.165, 1.54) is 62.1 Å². The molecule has 0 unspecified atom stereocenters. The van der Waals surface area contributed by atoms with Crippen LogP contribution in [0.5, 0.6) is 0 Å². The zero-order valence-electron chi connectivity index (χ0n) is 27.7. The molecule has 0 fully saturated rings. The summed E-state index contributed by atoms with van der Waals surface area (Å²) in [5.41, 5.74) is 15.6. The molecule has 0 saturated heterocycles. The molecule has 0 saturated carbocycles. The Bertz CT molecular complexity index is 2430. The summed E-state index contributed by atoms with van der Waals surface area (Å²) in [6, 6.07) is 3.69. The van der Waals surface area contributed by atoms with E-state index in [0.717, 1.165) is 0 Å². The summed E-state index contributed by atoms with van der Waals surface area (Å²) in [7, 11) is 0. The number of anilines is 2. The lowest BCUT2D eigenvalue weighted by Gasteiger charge is -2.06. The Balaban J connectivity index is 1.21. The number of nitrogens with zero attached hydrogens (tertiary/aromatic N) is 20. The number of nitrogens with two attached hydrogens (primary N) is 2. The van der Waals surface area contributed by atoms with Gasteiger partial charge in [-0.2, -0.15) is 44.7 Å². The molecule has 0 bridgehead atoms. The third-order valence-corrected chi connectivity index (χ3v) is 7.45. The average Bonchev–Trinajstić information content (AvgIpc) is 3.85. The van der Waals surface area contributed by atoms with Gasteiger partial charge in [-0.05, 0) is 27.7 Å². The molecule has 22 heteroatoms. The van der Waals surface area contributed by atoms with E-state index < -0.39 is 0 Å². The fraction of sp³-hybridized carbons (Fsp3) is 0.133. The van der Waals surface area contributed by atoms with Crippen LogP contribution >= 0.6 is 0 Å². The van der Waals surface area contributed by atoms with Crippen LogP contribution in [-0.2, 0) is 0 Å². The molecule has 52 heavy (non-hydrogen) atoms. The Labute approximate surface area is 292 Å². The first-order valence-corrected chi connectivity index (χ1v) is 15.1. The maximum absolute atomic E-state index is 9.79. The largest absolute Gasteiger partial charge is 0.382 e. The predicted octanol–water partition coefficient (Wildman–Crippen LogP) is 4.45. The van der Waals surface area contributed by atoms with Crippen molar-refractivity contribution >= 4 is 40.3 Å². The predicted molar refractivity (Wildman–Crippen MR) is 182 cm³/mol. The van der Waals surface area contributed by atoms with Crippen molar-refractivity contribution in [3.63, 3.8) is 0 Å². The lowest BCUT2D eigenvalue weighted by molar-refractivity contribution is 0.773. The van der Waals surface area contributed by atoms with Gasteiger partial charge in [-0.15, -0.1) is 20.5 Å². The quantitative estimate of drug-likeness (QED) is 0.165. The van der Waals surface area contributed by atoms with Crippen LogP contribution < -0.4 is 11.5 Å². The first-order chi connectivity index (χ1) is 25.2. The zero-order valence-corrected chi connectivity index (χ0v) is 27.7. The number of nitrogen functional groups attached to an aromatic ring is 2. The van der Waals surface area contributed by atoms with Crippen molar-refractivity contribution in [2.45, 2.75) is 27.7 Å². The van der Waals surface area contributed by atoms with Gasteiger partial charge in [0.2, 0.25) is 0 Å². The third kappa shape index (κ3) is 5.59. The average molecular weight is 693 g/mol. The molecule has 0 amide bonds. The summed E-state index contributed by atoms with van der Waals surface area (Å²) < 4.78 is 5.40. The molecule has 7 aromatic rings. The second kappa shape index (κ2) is 13.1. The number of aromatic nitrogens is 14. The number of azo groups is 2. The summed E-state index contributed by atoms with van der Waals surface area (Å²) in [5.74, 6) is 1.53. The molecule has 0 aromatic carbocycles. The highest BCUT2D eigenvalue weighted by atomic mass is 15.4. The summed E-state index contributed by atoms with van der Waals surface area (Å²) >= 11 is 0. The molecule has 0 radical (unpaired) electrons. The van der Waals surface area contributed by atoms with Crippen molar-refractivity contribution in [3.05, 3.63) is 89.2 Å². The highest BCUT2D eigenvalue weighted by molar-refractivity contribution is 5.69. The monoisotopic (exact) mass is 692 g/mol. The maximum Gasteiger partial charge on any atom is 0.255 e. The minimum absolute atomic E-state index is 0.0731. The topological polar surface area (TPSA) is 278 Å². The fourth-order valence-corrected chi connectivity index (χ4v) is 4.99. The van der Waals surface area contributed by atoms with Gasteiger partial charge < -0.3 is 11.5 Å². The van der Waals surface area contributed by atoms with Gasteiger partial charge in [0.05, 0.1) is 41.7 Å². The fourth-order valence-electron chi connectivity index (χ4n) is 4.99. The lowest BCUT2D eigenvalue weighted by atomic mass is 10.3. The van der Waals surface area contributed by atoms with Gasteiger partial charge in [0.1, 0.15) is 11.6 Å². The van der Waals surface area contributed by atoms with E-state index in [0.29, 0.717) is 34.4 Å². The normalized spacial score (nSPS) is 11.4. The minimum Gasteiger partial charge on any atom is -0.382 e. The van der Waals surface area contributed by atoms with E-state index in [4.69, 9.17) is 18.0 Å². The van der Waals surface area contributed by atoms with Crippen molar-refractivity contribution in [1.29, 1.82) is 5.26 Å². The molecule has 7 rings (SSSR count). The van der Waals surface area contributed by atoms with Crippen LogP contribution in [0.25, 0.3) is 28.2 Å². The summed E-state index contributed by atoms with van der Waals surface area (Å²) in [6.45, 7) is 14.4. The van der Waals surface area contributed by atoms with Crippen LogP contribution in [0.1, 0.15) is 28.3 Å². The number of aryl methyl sites for hydroxylation is 4. The highest BCUT2D eigenvalue weighted by Crippen LogP contribution is 2.37. The highest BCUT2D eigenvalue weighted by Gasteiger charge is 2.22. The number of hydrogen-bond acceptors (Lipinski definition) is 17. The van der Waals surface area contributed by atoms with E-state index in [9.17, 15) is 5.26 Å². The van der Waals surface area contributed by atoms with E-state index in [1.807, 2.05) is 0 Å². The van der Waals surface area contributed by atoms with Gasteiger partial charge in [0, 0.05) is 37.1 Å². The Hall–Kier alpha value is -8.14. The van der Waals surface area contributed by atoms with Crippen molar-refractivity contribution in [2.75, 3.05) is 11.5 Å². The summed E-state index contributed by atoms with van der Waals surface area (Å²) in [5, 5.41) is 44.9. The second-order valence-corrected chi connectivity index (χ2v) is 10.8. The van der Waals surface area contributed by atoms with Gasteiger partial charge in [-0.1, -0.05) is 0 Å². The van der Waals surface area contributed by atoms with E-state index in [2.05, 4.69) is 81.7 Å². The Morgan fingerprint density at radius 3 is 1.81 bits per heavy atom. The molecule has 7 heterocycles. The Morgan fingerprint density at radius 2 is 1.21 bits per heavy atom. The molecular weight excluding hydrogens is 668 g/mol. The van der Waals surface area contributed by atoms with Crippen molar-refractivity contribution in [1.82, 2.24) is 69.0 Å². The van der Waals surface area contributed by atoms with Gasteiger partial charge in [0.15, 0.2) is 52.1 Å². The summed E-state index contributed by atoms with van der Waals surface area (Å²) in [4.78, 5) is 29.2. The molecule has 254 valence electrons. The molecular formula is C30H24N22. The molecule has 0 aliphatic carbocycles. The molecule has 0 spiro atoms. The smallest absolute Gasteiger partial charge is 0.255 e. The molecule has 4 N–H and O–H groups in total. The molecule has 0 aliphatic heterocycles. The minimum atomic E-state index is 0.0731. The number of rotatable bonds is 8. The van der Waals surface area contributed by atoms with E-state index >= 15 is 0 Å². The second-order valence-electron chi connectivity index (χ2n) is 10.8. The maximum atomic E-state index is 9.79. The van der Waals surface area contributed by atoms with Crippen molar-refractivity contribution < 1.29 is 0 Å². The van der Waals surface area contributed by atoms with Gasteiger partial charge in [-0.25, -0.2) is 24.5 Å². The van der Waals surface area contributed by atoms with Crippen molar-refractivity contribution in [2.24, 2.45) is 20.5 Å². The summed E-state index contributed by atoms with van der Waals surface area (Å²) in [6.07, 6.45) is 10.5. The number of nitriles is 1. The first-order valence-electron chi connectivity index (χ1n) is 15.1. The number of hydrogen-bond donors (Lipinski definition) is 2. The Kier molecular flexibility index (Phi) is 8.13. The van der Waals surface area contributed by atoms with E-state index in [-0.39, 0.29) is 57.7 Å². The van der Waals surface area contributed by atoms with Crippen LogP contribution in [-0.4, -0.2) is 69.0 Å². The third-order valence-electron chi connectivity index (χ3n) is 7.45. The van der Waals surface area contributed by atoms with Crippen LogP contribution in [0, 0.1) is 45.6 Å². The standard InChI is InChI=1S/C30H24N22/c1-15-19(12-31)28(50(45-15)21-13-35-8-10-37-21)43-41-24-17(3)48-52(27(24)33)30-39-7-6-20(40-30)49-26(32)23(16(2)46-49)42-44-29-25(34-5)18(4)47-51(29)22-14-36-9-11-38-22/h6-11,13-14H,32-33H2,1-4H3. The molecule has 0 aliphatic rings. The van der Waals surface area contributed by atoms with Crippen LogP contribution in [0.2, 0.25) is 0 Å². The van der Waals surface area contributed by atoms with E-state index in [1.54, 1.807) is 33.8 Å². The van der Waals surface area contributed by atoms with Gasteiger partial charge in [0.25, 0.3) is 11.6 Å². The van der Waals surface area contributed by atoms with Crippen molar-refractivity contribution in [3.8, 4) is 29.5 Å². The molecule has 7 aromatic heterocycles.